The second kappa shape index (κ2) is 6.78. The molecule has 2 aromatic rings. The van der Waals surface area contributed by atoms with Crippen molar-refractivity contribution in [3.05, 3.63) is 69.5 Å². The normalized spacial score (nSPS) is 13.5. The van der Waals surface area contributed by atoms with Gasteiger partial charge in [0.2, 0.25) is 5.91 Å². The van der Waals surface area contributed by atoms with Crippen molar-refractivity contribution in [3.8, 4) is 0 Å². The zero-order valence-corrected chi connectivity index (χ0v) is 13.1. The van der Waals surface area contributed by atoms with Gasteiger partial charge in [-0.15, -0.1) is 0 Å². The average Bonchev–Trinajstić information content (AvgIpc) is 2.60. The number of nitrogens with zero attached hydrogens (tertiary/aromatic N) is 2. The minimum atomic E-state index is -0.448. The molecule has 0 bridgehead atoms. The van der Waals surface area contributed by atoms with Crippen LogP contribution in [0, 0.1) is 15.9 Å². The van der Waals surface area contributed by atoms with E-state index in [9.17, 15) is 19.3 Å². The minimum absolute atomic E-state index is 0.00742. The fourth-order valence-corrected chi connectivity index (χ4v) is 2.97. The second-order valence-corrected chi connectivity index (χ2v) is 5.85. The fraction of sp³-hybridized carbons (Fsp3) is 0.278. The maximum absolute atomic E-state index is 12.9. The topological polar surface area (TPSA) is 63.5 Å². The van der Waals surface area contributed by atoms with Gasteiger partial charge in [0.25, 0.3) is 5.69 Å². The predicted octanol–water partition coefficient (Wildman–Crippen LogP) is 3.65. The average molecular weight is 328 g/mol. The molecule has 0 unspecified atom stereocenters. The van der Waals surface area contributed by atoms with Crippen molar-refractivity contribution in [1.82, 2.24) is 0 Å². The monoisotopic (exact) mass is 328 g/mol. The molecule has 0 N–H and O–H groups in total. The molecule has 0 saturated heterocycles. The van der Waals surface area contributed by atoms with Gasteiger partial charge < -0.3 is 4.90 Å². The number of aryl methyl sites for hydroxylation is 2. The lowest BCUT2D eigenvalue weighted by atomic mass is 10.00. The molecule has 1 aliphatic heterocycles. The van der Waals surface area contributed by atoms with Gasteiger partial charge in [0.1, 0.15) is 5.82 Å². The number of non-ortho nitro benzene ring substituents is 1. The van der Waals surface area contributed by atoms with Crippen LogP contribution in [0.5, 0.6) is 0 Å². The summed E-state index contributed by atoms with van der Waals surface area (Å²) in [7, 11) is 0. The molecule has 0 saturated carbocycles. The Balaban J connectivity index is 1.75. The van der Waals surface area contributed by atoms with Crippen LogP contribution in [0.2, 0.25) is 0 Å². The molecule has 0 aromatic heterocycles. The van der Waals surface area contributed by atoms with E-state index in [1.54, 1.807) is 23.1 Å². The first-order valence-electron chi connectivity index (χ1n) is 7.87. The highest BCUT2D eigenvalue weighted by Gasteiger charge is 2.24. The van der Waals surface area contributed by atoms with Gasteiger partial charge in [0.05, 0.1) is 10.6 Å². The summed E-state index contributed by atoms with van der Waals surface area (Å²) in [6.07, 6.45) is 2.45. The Bertz CT molecular complexity index is 774. The van der Waals surface area contributed by atoms with Crippen LogP contribution in [0.25, 0.3) is 0 Å². The van der Waals surface area contributed by atoms with Crippen molar-refractivity contribution in [1.29, 1.82) is 0 Å². The minimum Gasteiger partial charge on any atom is -0.312 e. The number of hydrogen-bond donors (Lipinski definition) is 0. The zero-order valence-electron chi connectivity index (χ0n) is 13.1. The molecule has 124 valence electrons. The third-order valence-corrected chi connectivity index (χ3v) is 4.24. The SMILES string of the molecule is O=C(CCc1ccc(F)cc1)N1CCCc2ccc([N+](=O)[O-])cc21. The standard InChI is InChI=1S/C18H17FN2O3/c19-15-7-3-13(4-8-15)5-10-18(22)20-11-1-2-14-6-9-16(21(23)24)12-17(14)20/h3-4,6-9,12H,1-2,5,10-11H2. The number of hydrogen-bond acceptors (Lipinski definition) is 3. The lowest BCUT2D eigenvalue weighted by molar-refractivity contribution is -0.384. The quantitative estimate of drug-likeness (QED) is 0.636. The number of fused-ring (bicyclic) bond motifs is 1. The van der Waals surface area contributed by atoms with Crippen LogP contribution in [0.4, 0.5) is 15.8 Å². The summed E-state index contributed by atoms with van der Waals surface area (Å²) in [6, 6.07) is 10.8. The summed E-state index contributed by atoms with van der Waals surface area (Å²) in [5, 5.41) is 11.0. The number of carbonyl (C=O) groups is 1. The highest BCUT2D eigenvalue weighted by atomic mass is 19.1. The number of amides is 1. The second-order valence-electron chi connectivity index (χ2n) is 5.85. The van der Waals surface area contributed by atoms with Crippen molar-refractivity contribution in [2.24, 2.45) is 0 Å². The maximum Gasteiger partial charge on any atom is 0.271 e. The summed E-state index contributed by atoms with van der Waals surface area (Å²) >= 11 is 0. The number of anilines is 1. The van der Waals surface area contributed by atoms with Crippen LogP contribution in [-0.4, -0.2) is 17.4 Å². The first-order chi connectivity index (χ1) is 11.5. The largest absolute Gasteiger partial charge is 0.312 e. The van der Waals surface area contributed by atoms with Crippen molar-refractivity contribution in [2.45, 2.75) is 25.7 Å². The van der Waals surface area contributed by atoms with E-state index in [1.165, 1.54) is 24.3 Å². The first kappa shape index (κ1) is 16.1. The maximum atomic E-state index is 12.9. The molecule has 24 heavy (non-hydrogen) atoms. The molecule has 0 aliphatic carbocycles. The van der Waals surface area contributed by atoms with Gasteiger partial charge in [-0.05, 0) is 42.5 Å². The first-order valence-corrected chi connectivity index (χ1v) is 7.87. The third-order valence-electron chi connectivity index (χ3n) is 4.24. The number of carbonyl (C=O) groups excluding carboxylic acids is 1. The lowest BCUT2D eigenvalue weighted by Gasteiger charge is -2.29. The number of nitro benzene ring substituents is 1. The van der Waals surface area contributed by atoms with Crippen molar-refractivity contribution >= 4 is 17.3 Å². The van der Waals surface area contributed by atoms with Crippen molar-refractivity contribution in [2.75, 3.05) is 11.4 Å². The third kappa shape index (κ3) is 3.42. The van der Waals surface area contributed by atoms with E-state index in [2.05, 4.69) is 0 Å². The van der Waals surface area contributed by atoms with E-state index in [1.807, 2.05) is 0 Å². The van der Waals surface area contributed by atoms with Gasteiger partial charge in [-0.3, -0.25) is 14.9 Å². The van der Waals surface area contributed by atoms with Gasteiger partial charge in [0.15, 0.2) is 0 Å². The Morgan fingerprint density at radius 3 is 2.67 bits per heavy atom. The summed E-state index contributed by atoms with van der Waals surface area (Å²) in [6.45, 7) is 0.566. The van der Waals surface area contributed by atoms with Crippen LogP contribution in [-0.2, 0) is 17.6 Å². The highest BCUT2D eigenvalue weighted by Crippen LogP contribution is 2.31. The van der Waals surface area contributed by atoms with E-state index in [4.69, 9.17) is 0 Å². The van der Waals surface area contributed by atoms with E-state index in [0.29, 0.717) is 18.7 Å². The molecule has 1 aliphatic rings. The van der Waals surface area contributed by atoms with Crippen LogP contribution in [0.3, 0.4) is 0 Å². The molecule has 0 radical (unpaired) electrons. The number of nitro groups is 1. The Labute approximate surface area is 138 Å². The molecule has 0 spiro atoms. The predicted molar refractivity (Wildman–Crippen MR) is 88.5 cm³/mol. The molecule has 6 heteroatoms. The molecule has 3 rings (SSSR count). The Kier molecular flexibility index (Phi) is 4.55. The van der Waals surface area contributed by atoms with Crippen LogP contribution >= 0.6 is 0 Å². The number of halogens is 1. The van der Waals surface area contributed by atoms with Gasteiger partial charge in [-0.2, -0.15) is 0 Å². The van der Waals surface area contributed by atoms with E-state index in [-0.39, 0.29) is 23.8 Å². The molecule has 5 nitrogen and oxygen atoms in total. The van der Waals surface area contributed by atoms with Crippen LogP contribution in [0.1, 0.15) is 24.0 Å². The Hall–Kier alpha value is -2.76. The molecule has 0 fully saturated rings. The smallest absolute Gasteiger partial charge is 0.271 e. The van der Waals surface area contributed by atoms with Crippen LogP contribution in [0.15, 0.2) is 42.5 Å². The molecule has 2 aromatic carbocycles. The summed E-state index contributed by atoms with van der Waals surface area (Å²) in [5.74, 6) is -0.372. The van der Waals surface area contributed by atoms with Gasteiger partial charge in [0, 0.05) is 25.1 Å². The molecule has 1 heterocycles. The van der Waals surface area contributed by atoms with E-state index >= 15 is 0 Å². The van der Waals surface area contributed by atoms with Crippen molar-refractivity contribution in [3.63, 3.8) is 0 Å². The van der Waals surface area contributed by atoms with E-state index in [0.717, 1.165) is 24.0 Å². The highest BCUT2D eigenvalue weighted by molar-refractivity contribution is 5.95. The molecular weight excluding hydrogens is 311 g/mol. The lowest BCUT2D eigenvalue weighted by Crippen LogP contribution is -2.35. The fourth-order valence-electron chi connectivity index (χ4n) is 2.97. The Morgan fingerprint density at radius 1 is 1.21 bits per heavy atom. The van der Waals surface area contributed by atoms with Crippen molar-refractivity contribution < 1.29 is 14.1 Å². The molecular formula is C18H17FN2O3. The van der Waals surface area contributed by atoms with Gasteiger partial charge in [-0.25, -0.2) is 4.39 Å². The molecule has 1 amide bonds. The summed E-state index contributed by atoms with van der Waals surface area (Å²) in [4.78, 5) is 24.7. The zero-order chi connectivity index (χ0) is 17.1. The summed E-state index contributed by atoms with van der Waals surface area (Å²) in [5.41, 5.74) is 2.48. The molecule has 0 atom stereocenters. The van der Waals surface area contributed by atoms with Gasteiger partial charge in [-0.1, -0.05) is 18.2 Å². The Morgan fingerprint density at radius 2 is 1.96 bits per heavy atom. The number of benzene rings is 2. The van der Waals surface area contributed by atoms with Crippen LogP contribution < -0.4 is 4.90 Å². The van der Waals surface area contributed by atoms with E-state index < -0.39 is 4.92 Å². The van der Waals surface area contributed by atoms with Gasteiger partial charge >= 0.3 is 0 Å². The number of rotatable bonds is 4. The summed E-state index contributed by atoms with van der Waals surface area (Å²) < 4.78 is 12.9.